The molecule has 1 aliphatic carbocycles. The second kappa shape index (κ2) is 6.07. The molecule has 7 nitrogen and oxygen atoms in total. The Kier molecular flexibility index (Phi) is 3.96. The van der Waals surface area contributed by atoms with E-state index in [0.717, 1.165) is 18.9 Å². The van der Waals surface area contributed by atoms with E-state index in [1.54, 1.807) is 22.6 Å². The van der Waals surface area contributed by atoms with Crippen LogP contribution in [0.2, 0.25) is 0 Å². The van der Waals surface area contributed by atoms with Crippen LogP contribution in [0.15, 0.2) is 23.1 Å². The molecule has 1 saturated heterocycles. The first kappa shape index (κ1) is 17.0. The maximum atomic E-state index is 14.8. The number of carbonyl (C=O) groups is 1. The highest BCUT2D eigenvalue weighted by atomic mass is 19.1. The highest BCUT2D eigenvalue weighted by molar-refractivity contribution is 5.93. The van der Waals surface area contributed by atoms with E-state index in [0.29, 0.717) is 24.3 Å². The predicted molar refractivity (Wildman–Crippen MR) is 94.4 cm³/mol. The van der Waals surface area contributed by atoms with Crippen molar-refractivity contribution < 1.29 is 19.0 Å². The van der Waals surface area contributed by atoms with Crippen LogP contribution in [0.5, 0.6) is 0 Å². The van der Waals surface area contributed by atoms with Gasteiger partial charge < -0.3 is 25.0 Å². The Hall–Kier alpha value is -2.45. The van der Waals surface area contributed by atoms with Gasteiger partial charge in [-0.3, -0.25) is 4.79 Å². The first-order valence-electron chi connectivity index (χ1n) is 8.55. The van der Waals surface area contributed by atoms with Gasteiger partial charge in [0, 0.05) is 37.8 Å². The molecule has 1 aromatic carbocycles. The van der Waals surface area contributed by atoms with Crippen LogP contribution in [-0.2, 0) is 4.74 Å². The third-order valence-electron chi connectivity index (χ3n) is 5.22. The summed E-state index contributed by atoms with van der Waals surface area (Å²) in [5, 5.41) is 9.38. The molecule has 0 amide bonds. The number of nitrogens with zero attached hydrogens (tertiary/aromatic N) is 2. The number of aromatic nitrogens is 1. The minimum atomic E-state index is -1.30. The van der Waals surface area contributed by atoms with E-state index >= 15 is 0 Å². The fourth-order valence-electron chi connectivity index (χ4n) is 3.65. The van der Waals surface area contributed by atoms with E-state index < -0.39 is 17.2 Å². The van der Waals surface area contributed by atoms with Gasteiger partial charge in [0.2, 0.25) is 5.43 Å². The van der Waals surface area contributed by atoms with Crippen molar-refractivity contribution in [1.82, 2.24) is 4.57 Å². The molecule has 3 N–H and O–H groups in total. The Morgan fingerprint density at radius 2 is 2.08 bits per heavy atom. The van der Waals surface area contributed by atoms with Gasteiger partial charge >= 0.3 is 5.97 Å². The van der Waals surface area contributed by atoms with Crippen molar-refractivity contribution in [1.29, 1.82) is 0 Å². The summed E-state index contributed by atoms with van der Waals surface area (Å²) in [6.07, 6.45) is 3.00. The molecule has 2 atom stereocenters. The first-order valence-corrected chi connectivity index (χ1v) is 8.55. The number of aromatic carboxylic acids is 1. The summed E-state index contributed by atoms with van der Waals surface area (Å²) in [7, 11) is 1.57. The largest absolute Gasteiger partial charge is 0.477 e. The zero-order chi connectivity index (χ0) is 18.6. The van der Waals surface area contributed by atoms with Gasteiger partial charge in [-0.15, -0.1) is 0 Å². The molecule has 2 aromatic rings. The Balaban J connectivity index is 1.89. The highest BCUT2D eigenvalue weighted by Crippen LogP contribution is 2.38. The van der Waals surface area contributed by atoms with Crippen LogP contribution >= 0.6 is 0 Å². The summed E-state index contributed by atoms with van der Waals surface area (Å²) in [5.41, 5.74) is 5.94. The lowest BCUT2D eigenvalue weighted by atomic mass is 10.1. The van der Waals surface area contributed by atoms with Crippen LogP contribution in [-0.4, -0.2) is 48.0 Å². The summed E-state index contributed by atoms with van der Waals surface area (Å²) >= 11 is 0. The third kappa shape index (κ3) is 2.65. The molecule has 0 bridgehead atoms. The number of methoxy groups -OCH3 is 1. The number of fused-ring (bicyclic) bond motifs is 1. The van der Waals surface area contributed by atoms with Gasteiger partial charge in [0.15, 0.2) is 0 Å². The zero-order valence-electron chi connectivity index (χ0n) is 14.3. The third-order valence-corrected chi connectivity index (χ3v) is 5.22. The number of halogens is 1. The van der Waals surface area contributed by atoms with E-state index in [-0.39, 0.29) is 29.1 Å². The average molecular weight is 361 g/mol. The standard InChI is InChI=1S/C18H20FN3O4/c1-26-16-8-21(7-13(16)20)15-5-14-10(4-12(15)19)17(23)11(18(24)25)6-22(14)9-2-3-9/h4-6,9,13,16H,2-3,7-8,20H2,1H3,(H,24,25)/t13-,16-/m0/s1. The maximum absolute atomic E-state index is 14.8. The van der Waals surface area contributed by atoms with Gasteiger partial charge in [0.05, 0.1) is 23.3 Å². The molecular weight excluding hydrogens is 341 g/mol. The van der Waals surface area contributed by atoms with Crippen molar-refractivity contribution in [3.63, 3.8) is 0 Å². The lowest BCUT2D eigenvalue weighted by Gasteiger charge is -2.21. The summed E-state index contributed by atoms with van der Waals surface area (Å²) < 4.78 is 21.9. The van der Waals surface area contributed by atoms with Crippen LogP contribution in [0, 0.1) is 5.82 Å². The van der Waals surface area contributed by atoms with Gasteiger partial charge in [0.1, 0.15) is 11.4 Å². The molecular formula is C18H20FN3O4. The van der Waals surface area contributed by atoms with Crippen LogP contribution in [0.25, 0.3) is 10.9 Å². The lowest BCUT2D eigenvalue weighted by Crippen LogP contribution is -2.34. The predicted octanol–water partition coefficient (Wildman–Crippen LogP) is 1.34. The molecule has 0 radical (unpaired) electrons. The molecule has 2 aliphatic rings. The number of anilines is 1. The van der Waals surface area contributed by atoms with E-state index in [1.807, 2.05) is 0 Å². The zero-order valence-corrected chi connectivity index (χ0v) is 14.3. The van der Waals surface area contributed by atoms with Crippen LogP contribution in [0.1, 0.15) is 29.2 Å². The number of benzene rings is 1. The normalized spacial score (nSPS) is 23.0. The number of carboxylic acids is 1. The van der Waals surface area contributed by atoms with Crippen LogP contribution < -0.4 is 16.1 Å². The molecule has 0 unspecified atom stereocenters. The number of pyridine rings is 1. The van der Waals surface area contributed by atoms with Crippen LogP contribution in [0.3, 0.4) is 0 Å². The Bertz CT molecular complexity index is 954. The highest BCUT2D eigenvalue weighted by Gasteiger charge is 2.33. The van der Waals surface area contributed by atoms with Crippen molar-refractivity contribution in [3.8, 4) is 0 Å². The molecule has 4 rings (SSSR count). The molecule has 26 heavy (non-hydrogen) atoms. The number of ether oxygens (including phenoxy) is 1. The van der Waals surface area contributed by atoms with Crippen molar-refractivity contribution in [2.75, 3.05) is 25.1 Å². The quantitative estimate of drug-likeness (QED) is 0.853. The molecule has 2 fully saturated rings. The Morgan fingerprint density at radius 3 is 2.65 bits per heavy atom. The molecule has 1 saturated carbocycles. The van der Waals surface area contributed by atoms with Gasteiger partial charge in [-0.05, 0) is 25.0 Å². The van der Waals surface area contributed by atoms with E-state index in [4.69, 9.17) is 10.5 Å². The number of hydrogen-bond donors (Lipinski definition) is 2. The fraction of sp³-hybridized carbons (Fsp3) is 0.444. The molecule has 0 spiro atoms. The van der Waals surface area contributed by atoms with Crippen LogP contribution in [0.4, 0.5) is 10.1 Å². The number of nitrogens with two attached hydrogens (primary N) is 1. The average Bonchev–Trinajstić information content (AvgIpc) is 3.37. The first-order chi connectivity index (χ1) is 12.4. The Morgan fingerprint density at radius 1 is 1.35 bits per heavy atom. The summed E-state index contributed by atoms with van der Waals surface area (Å²) in [6, 6.07) is 2.68. The topological polar surface area (TPSA) is 97.8 Å². The van der Waals surface area contributed by atoms with E-state index in [9.17, 15) is 19.1 Å². The van der Waals surface area contributed by atoms with Crippen molar-refractivity contribution >= 4 is 22.6 Å². The summed E-state index contributed by atoms with van der Waals surface area (Å²) in [4.78, 5) is 25.7. The number of hydrogen-bond acceptors (Lipinski definition) is 5. The minimum Gasteiger partial charge on any atom is -0.477 e. The number of rotatable bonds is 4. The second-order valence-electron chi connectivity index (χ2n) is 6.98. The van der Waals surface area contributed by atoms with Gasteiger partial charge in [-0.1, -0.05) is 0 Å². The van der Waals surface area contributed by atoms with Gasteiger partial charge in [-0.25, -0.2) is 9.18 Å². The van der Waals surface area contributed by atoms with Crippen molar-refractivity contribution in [2.45, 2.75) is 31.0 Å². The van der Waals surface area contributed by atoms with E-state index in [1.165, 1.54) is 6.20 Å². The molecule has 2 heterocycles. The monoisotopic (exact) mass is 361 g/mol. The number of carboxylic acid groups (broad SMARTS) is 1. The molecule has 1 aromatic heterocycles. The summed E-state index contributed by atoms with van der Waals surface area (Å²) in [6.45, 7) is 0.906. The van der Waals surface area contributed by atoms with Gasteiger partial charge in [-0.2, -0.15) is 0 Å². The molecule has 138 valence electrons. The van der Waals surface area contributed by atoms with Gasteiger partial charge in [0.25, 0.3) is 0 Å². The molecule has 8 heteroatoms. The van der Waals surface area contributed by atoms with Crippen molar-refractivity contribution in [2.24, 2.45) is 5.73 Å². The minimum absolute atomic E-state index is 0.0878. The van der Waals surface area contributed by atoms with Crippen molar-refractivity contribution in [3.05, 3.63) is 39.9 Å². The van der Waals surface area contributed by atoms with E-state index in [2.05, 4.69) is 0 Å². The maximum Gasteiger partial charge on any atom is 0.341 e. The SMILES string of the molecule is CO[C@H]1CN(c2cc3c(cc2F)c(=O)c(C(=O)O)cn3C2CC2)C[C@@H]1N. The fourth-order valence-corrected chi connectivity index (χ4v) is 3.65. The second-order valence-corrected chi connectivity index (χ2v) is 6.98. The Labute approximate surface area is 148 Å². The lowest BCUT2D eigenvalue weighted by molar-refractivity contribution is 0.0695. The smallest absolute Gasteiger partial charge is 0.341 e. The molecule has 1 aliphatic heterocycles. The summed E-state index contributed by atoms with van der Waals surface area (Å²) in [5.74, 6) is -1.87.